The zero-order valence-electron chi connectivity index (χ0n) is 25.7. The number of rotatable bonds is 5. The van der Waals surface area contributed by atoms with Gasteiger partial charge in [0.2, 0.25) is 0 Å². The van der Waals surface area contributed by atoms with Crippen molar-refractivity contribution in [2.75, 3.05) is 0 Å². The van der Waals surface area contributed by atoms with Crippen molar-refractivity contribution in [3.05, 3.63) is 156 Å². The predicted octanol–water partition coefficient (Wildman–Crippen LogP) is 10.5. The molecule has 0 aliphatic rings. The summed E-state index contributed by atoms with van der Waals surface area (Å²) in [6, 6.07) is 41.9. The Morgan fingerprint density at radius 3 is 1.49 bits per heavy atom. The lowest BCUT2D eigenvalue weighted by atomic mass is 10.0. The molecule has 0 unspecified atom stereocenters. The van der Waals surface area contributed by atoms with E-state index in [1.165, 1.54) is 12.1 Å². The van der Waals surface area contributed by atoms with Gasteiger partial charge in [-0.3, -0.25) is 0 Å². The number of hydrogen-bond donors (Lipinski definition) is 0. The summed E-state index contributed by atoms with van der Waals surface area (Å²) in [5.74, 6) is 0.314. The molecule has 0 amide bonds. The van der Waals surface area contributed by atoms with Gasteiger partial charge in [0.05, 0.1) is 16.7 Å². The van der Waals surface area contributed by atoms with E-state index in [9.17, 15) is 8.78 Å². The Morgan fingerprint density at radius 2 is 0.957 bits per heavy atom. The molecule has 0 radical (unpaired) electrons. The standard InChI is InChI=1S/C41H28F2N4/c1-25-13-16-33-34-17-14-26(2)20-37(34)47(36(33)19-25)38-23-29(30-21-31(42)24-32(43)22-30)15-18-35(38)41-45-39(27-9-5-3-6-10-27)44-40(46-41)28-11-7-4-8-12-28/h3-24H,1-2H3. The third-order valence-electron chi connectivity index (χ3n) is 8.45. The highest BCUT2D eigenvalue weighted by atomic mass is 19.1. The molecule has 0 bridgehead atoms. The van der Waals surface area contributed by atoms with Gasteiger partial charge >= 0.3 is 0 Å². The Morgan fingerprint density at radius 1 is 0.447 bits per heavy atom. The van der Waals surface area contributed by atoms with Crippen molar-refractivity contribution in [3.8, 4) is 51.0 Å². The van der Waals surface area contributed by atoms with E-state index in [-0.39, 0.29) is 0 Å². The van der Waals surface area contributed by atoms with Crippen LogP contribution in [0.4, 0.5) is 8.78 Å². The van der Waals surface area contributed by atoms with Crippen LogP contribution in [0.25, 0.3) is 72.8 Å². The first-order valence-electron chi connectivity index (χ1n) is 15.4. The second-order valence-corrected chi connectivity index (χ2v) is 11.8. The summed E-state index contributed by atoms with van der Waals surface area (Å²) in [6.07, 6.45) is 0. The first-order chi connectivity index (χ1) is 22.9. The summed E-state index contributed by atoms with van der Waals surface area (Å²) in [5, 5.41) is 2.20. The number of aromatic nitrogens is 4. The molecule has 0 N–H and O–H groups in total. The fourth-order valence-electron chi connectivity index (χ4n) is 6.23. The quantitative estimate of drug-likeness (QED) is 0.194. The van der Waals surface area contributed by atoms with Gasteiger partial charge < -0.3 is 4.57 Å². The average molecular weight is 615 g/mol. The van der Waals surface area contributed by atoms with Crippen molar-refractivity contribution in [3.63, 3.8) is 0 Å². The molecule has 8 aromatic rings. The van der Waals surface area contributed by atoms with Crippen LogP contribution in [-0.2, 0) is 0 Å². The fourth-order valence-corrected chi connectivity index (χ4v) is 6.23. The smallest absolute Gasteiger partial charge is 0.166 e. The molecule has 4 nitrogen and oxygen atoms in total. The van der Waals surface area contributed by atoms with Gasteiger partial charge in [-0.25, -0.2) is 23.7 Å². The van der Waals surface area contributed by atoms with Crippen molar-refractivity contribution in [2.45, 2.75) is 13.8 Å². The molecule has 0 saturated carbocycles. The lowest BCUT2D eigenvalue weighted by molar-refractivity contribution is 0.584. The van der Waals surface area contributed by atoms with E-state index in [4.69, 9.17) is 15.0 Å². The van der Waals surface area contributed by atoms with Crippen LogP contribution in [0, 0.1) is 25.5 Å². The number of benzene rings is 6. The highest BCUT2D eigenvalue weighted by molar-refractivity contribution is 6.10. The van der Waals surface area contributed by atoms with E-state index in [1.54, 1.807) is 0 Å². The van der Waals surface area contributed by atoms with Crippen LogP contribution in [0.5, 0.6) is 0 Å². The normalized spacial score (nSPS) is 11.4. The van der Waals surface area contributed by atoms with Gasteiger partial charge in [-0.1, -0.05) is 91.0 Å². The Kier molecular flexibility index (Phi) is 6.91. The van der Waals surface area contributed by atoms with Crippen molar-refractivity contribution >= 4 is 21.8 Å². The van der Waals surface area contributed by atoms with Crippen molar-refractivity contribution in [1.82, 2.24) is 19.5 Å². The summed E-state index contributed by atoms with van der Waals surface area (Å²) >= 11 is 0. The molecular formula is C41H28F2N4. The van der Waals surface area contributed by atoms with Crippen molar-refractivity contribution in [2.24, 2.45) is 0 Å². The molecule has 0 aliphatic heterocycles. The minimum Gasteiger partial charge on any atom is -0.308 e. The number of nitrogens with zero attached hydrogens (tertiary/aromatic N) is 4. The van der Waals surface area contributed by atoms with Crippen LogP contribution in [-0.4, -0.2) is 19.5 Å². The summed E-state index contributed by atoms with van der Waals surface area (Å²) < 4.78 is 31.2. The molecular weight excluding hydrogens is 586 g/mol. The molecule has 0 atom stereocenters. The van der Waals surface area contributed by atoms with Gasteiger partial charge in [0.25, 0.3) is 0 Å². The minimum absolute atomic E-state index is 0.439. The number of halogens is 2. The number of hydrogen-bond acceptors (Lipinski definition) is 3. The molecule has 0 spiro atoms. The molecule has 47 heavy (non-hydrogen) atoms. The monoisotopic (exact) mass is 614 g/mol. The summed E-state index contributed by atoms with van der Waals surface area (Å²) in [7, 11) is 0. The maximum atomic E-state index is 14.5. The van der Waals surface area contributed by atoms with Gasteiger partial charge in [0.1, 0.15) is 11.6 Å². The molecule has 2 aromatic heterocycles. The first kappa shape index (κ1) is 28.5. The number of aryl methyl sites for hydroxylation is 2. The van der Waals surface area contributed by atoms with Crippen molar-refractivity contribution < 1.29 is 8.78 Å². The third-order valence-corrected chi connectivity index (χ3v) is 8.45. The summed E-state index contributed by atoms with van der Waals surface area (Å²) in [4.78, 5) is 15.0. The second-order valence-electron chi connectivity index (χ2n) is 11.8. The predicted molar refractivity (Wildman–Crippen MR) is 185 cm³/mol. The van der Waals surface area contributed by atoms with Gasteiger partial charge in [-0.2, -0.15) is 0 Å². The summed E-state index contributed by atoms with van der Waals surface area (Å²) in [6.45, 7) is 4.15. The fraction of sp³-hybridized carbons (Fsp3) is 0.0488. The molecule has 0 fully saturated rings. The maximum absolute atomic E-state index is 14.5. The van der Waals surface area contributed by atoms with E-state index < -0.39 is 11.6 Å². The Bertz CT molecular complexity index is 2310. The molecule has 2 heterocycles. The Hall–Kier alpha value is -6.01. The van der Waals surface area contributed by atoms with E-state index in [0.717, 1.165) is 61.4 Å². The molecule has 6 aromatic carbocycles. The van der Waals surface area contributed by atoms with Crippen LogP contribution in [0.15, 0.2) is 133 Å². The Labute approximate surface area is 270 Å². The third kappa shape index (κ3) is 5.24. The highest BCUT2D eigenvalue weighted by Gasteiger charge is 2.21. The largest absolute Gasteiger partial charge is 0.308 e. The average Bonchev–Trinajstić information content (AvgIpc) is 3.40. The van der Waals surface area contributed by atoms with Crippen LogP contribution in [0.3, 0.4) is 0 Å². The Balaban J connectivity index is 1.47. The van der Waals surface area contributed by atoms with Crippen LogP contribution >= 0.6 is 0 Å². The maximum Gasteiger partial charge on any atom is 0.166 e. The molecule has 0 saturated heterocycles. The zero-order valence-corrected chi connectivity index (χ0v) is 25.7. The van der Waals surface area contributed by atoms with Gasteiger partial charge in [0.15, 0.2) is 17.5 Å². The van der Waals surface area contributed by atoms with Crippen LogP contribution in [0.1, 0.15) is 11.1 Å². The number of fused-ring (bicyclic) bond motifs is 3. The lowest BCUT2D eigenvalue weighted by Crippen LogP contribution is -2.04. The van der Waals surface area contributed by atoms with Gasteiger partial charge in [-0.15, -0.1) is 0 Å². The highest BCUT2D eigenvalue weighted by Crippen LogP contribution is 2.39. The minimum atomic E-state index is -0.633. The van der Waals surface area contributed by atoms with E-state index in [1.807, 2.05) is 78.9 Å². The van der Waals surface area contributed by atoms with E-state index >= 15 is 0 Å². The molecule has 0 aliphatic carbocycles. The molecule has 226 valence electrons. The zero-order chi connectivity index (χ0) is 32.1. The summed E-state index contributed by atoms with van der Waals surface area (Å²) in [5.41, 5.74) is 8.62. The van der Waals surface area contributed by atoms with Crippen LogP contribution in [0.2, 0.25) is 0 Å². The molecule has 8 rings (SSSR count). The first-order valence-corrected chi connectivity index (χ1v) is 15.4. The molecule has 6 heteroatoms. The van der Waals surface area contributed by atoms with E-state index in [0.29, 0.717) is 28.6 Å². The topological polar surface area (TPSA) is 43.6 Å². The second kappa shape index (κ2) is 11.4. The van der Waals surface area contributed by atoms with Crippen molar-refractivity contribution in [1.29, 1.82) is 0 Å². The van der Waals surface area contributed by atoms with Gasteiger partial charge in [-0.05, 0) is 72.5 Å². The van der Waals surface area contributed by atoms with Gasteiger partial charge in [0, 0.05) is 33.5 Å². The lowest BCUT2D eigenvalue weighted by Gasteiger charge is -2.17. The van der Waals surface area contributed by atoms with E-state index in [2.05, 4.69) is 54.8 Å². The SMILES string of the molecule is Cc1ccc2c3ccc(C)cc3n(-c3cc(-c4cc(F)cc(F)c4)ccc3-c3nc(-c4ccccc4)nc(-c4ccccc4)n3)c2c1. The van der Waals surface area contributed by atoms with Crippen LogP contribution < -0.4 is 0 Å².